The van der Waals surface area contributed by atoms with Crippen LogP contribution in [0.25, 0.3) is 16.6 Å². The fourth-order valence-corrected chi connectivity index (χ4v) is 3.94. The van der Waals surface area contributed by atoms with Gasteiger partial charge in [0.05, 0.1) is 22.5 Å². The van der Waals surface area contributed by atoms with E-state index < -0.39 is 6.04 Å². The average molecular weight is 415 g/mol. The number of benzene rings is 2. The third-order valence-corrected chi connectivity index (χ3v) is 5.38. The maximum Gasteiger partial charge on any atom is 0.295 e. The summed E-state index contributed by atoms with van der Waals surface area (Å²) in [7, 11) is 0. The Morgan fingerprint density at radius 1 is 0.968 bits per heavy atom. The third kappa shape index (κ3) is 3.74. The zero-order chi connectivity index (χ0) is 22.3. The molecule has 0 spiro atoms. The molecular formula is C24H25N5O2. The molecular weight excluding hydrogens is 390 g/mol. The summed E-state index contributed by atoms with van der Waals surface area (Å²) in [6.45, 7) is 9.36. The topological polar surface area (TPSA) is 81.8 Å². The Morgan fingerprint density at radius 3 is 2.26 bits per heavy atom. The van der Waals surface area contributed by atoms with Gasteiger partial charge in [-0.25, -0.2) is 9.36 Å². The lowest BCUT2D eigenvalue weighted by Crippen LogP contribution is -2.34. The van der Waals surface area contributed by atoms with Crippen molar-refractivity contribution in [2.24, 2.45) is 0 Å². The van der Waals surface area contributed by atoms with E-state index in [2.05, 4.69) is 15.5 Å². The highest BCUT2D eigenvalue weighted by Gasteiger charge is 2.23. The first-order chi connectivity index (χ1) is 14.8. The van der Waals surface area contributed by atoms with E-state index in [4.69, 9.17) is 0 Å². The molecule has 158 valence electrons. The average Bonchev–Trinajstić information content (AvgIpc) is 3.08. The Bertz CT molecular complexity index is 1330. The van der Waals surface area contributed by atoms with Gasteiger partial charge >= 0.3 is 0 Å². The zero-order valence-corrected chi connectivity index (χ0v) is 18.3. The van der Waals surface area contributed by atoms with Gasteiger partial charge in [-0.15, -0.1) is 0 Å². The first-order valence-electron chi connectivity index (χ1n) is 10.2. The van der Waals surface area contributed by atoms with Crippen molar-refractivity contribution in [3.63, 3.8) is 0 Å². The molecule has 0 fully saturated rings. The third-order valence-electron chi connectivity index (χ3n) is 5.38. The Hall–Kier alpha value is -3.74. The Labute approximate surface area is 180 Å². The number of hydrogen-bond acceptors (Lipinski definition) is 4. The van der Waals surface area contributed by atoms with Crippen LogP contribution in [0.1, 0.15) is 35.5 Å². The number of amides is 1. The molecule has 0 aliphatic carbocycles. The van der Waals surface area contributed by atoms with Crippen LogP contribution >= 0.6 is 0 Å². The predicted molar refractivity (Wildman–Crippen MR) is 122 cm³/mol. The van der Waals surface area contributed by atoms with Crippen LogP contribution in [0.15, 0.2) is 53.3 Å². The first kappa shape index (κ1) is 20.5. The number of carbonyl (C=O) groups is 1. The fraction of sp³-hybridized carbons (Fsp3) is 0.250. The molecule has 0 aliphatic rings. The van der Waals surface area contributed by atoms with E-state index >= 15 is 0 Å². The molecule has 4 aromatic rings. The van der Waals surface area contributed by atoms with Gasteiger partial charge in [0.1, 0.15) is 6.04 Å². The van der Waals surface area contributed by atoms with Crippen LogP contribution in [-0.4, -0.2) is 25.5 Å². The fourth-order valence-electron chi connectivity index (χ4n) is 3.94. The highest BCUT2D eigenvalue weighted by atomic mass is 16.2. The number of nitrogens with zero attached hydrogens (tertiary/aromatic N) is 4. The number of hydrogen-bond donors (Lipinski definition) is 1. The largest absolute Gasteiger partial charge is 0.324 e. The van der Waals surface area contributed by atoms with Crippen molar-refractivity contribution in [1.82, 2.24) is 19.6 Å². The minimum atomic E-state index is -0.793. The summed E-state index contributed by atoms with van der Waals surface area (Å²) >= 11 is 0. The Morgan fingerprint density at radius 2 is 1.61 bits per heavy atom. The van der Waals surface area contributed by atoms with Gasteiger partial charge in [0, 0.05) is 5.69 Å². The van der Waals surface area contributed by atoms with Gasteiger partial charge < -0.3 is 5.32 Å². The van der Waals surface area contributed by atoms with Gasteiger partial charge in [-0.2, -0.15) is 10.2 Å². The second-order valence-corrected chi connectivity index (χ2v) is 7.93. The number of fused-ring (bicyclic) bond motifs is 1. The van der Waals surface area contributed by atoms with E-state index in [-0.39, 0.29) is 11.5 Å². The maximum absolute atomic E-state index is 13.2. The van der Waals surface area contributed by atoms with Gasteiger partial charge in [0.15, 0.2) is 5.52 Å². The summed E-state index contributed by atoms with van der Waals surface area (Å²) in [5.74, 6) is -0.308. The van der Waals surface area contributed by atoms with E-state index in [1.807, 2.05) is 76.2 Å². The number of carbonyl (C=O) groups excluding carboxylic acids is 1. The quantitative estimate of drug-likeness (QED) is 0.546. The molecule has 2 heterocycles. The molecule has 7 nitrogen and oxygen atoms in total. The second kappa shape index (κ2) is 7.83. The first-order valence-corrected chi connectivity index (χ1v) is 10.2. The number of para-hydroxylation sites is 1. The smallest absolute Gasteiger partial charge is 0.295 e. The molecule has 4 rings (SSSR count). The van der Waals surface area contributed by atoms with Crippen LogP contribution in [-0.2, 0) is 4.79 Å². The van der Waals surface area contributed by atoms with Gasteiger partial charge in [-0.1, -0.05) is 24.3 Å². The number of aromatic nitrogens is 4. The summed E-state index contributed by atoms with van der Waals surface area (Å²) in [4.78, 5) is 26.1. The van der Waals surface area contributed by atoms with Gasteiger partial charge in [-0.3, -0.25) is 9.59 Å². The summed E-state index contributed by atoms with van der Waals surface area (Å²) in [5.41, 5.74) is 5.07. The highest BCUT2D eigenvalue weighted by Crippen LogP contribution is 2.22. The lowest BCUT2D eigenvalue weighted by atomic mass is 10.1. The molecule has 1 amide bonds. The van der Waals surface area contributed by atoms with Crippen LogP contribution < -0.4 is 10.9 Å². The predicted octanol–water partition coefficient (Wildman–Crippen LogP) is 4.02. The maximum atomic E-state index is 13.2. The summed E-state index contributed by atoms with van der Waals surface area (Å²) < 4.78 is 2.96. The van der Waals surface area contributed by atoms with Crippen molar-refractivity contribution in [1.29, 1.82) is 0 Å². The molecule has 0 bridgehead atoms. The summed E-state index contributed by atoms with van der Waals surface area (Å²) in [6, 6.07) is 14.7. The van der Waals surface area contributed by atoms with Crippen LogP contribution in [0, 0.1) is 27.7 Å². The van der Waals surface area contributed by atoms with Crippen LogP contribution in [0.2, 0.25) is 0 Å². The van der Waals surface area contributed by atoms with E-state index in [1.54, 1.807) is 11.6 Å². The van der Waals surface area contributed by atoms with Crippen molar-refractivity contribution in [3.8, 4) is 5.69 Å². The van der Waals surface area contributed by atoms with Crippen LogP contribution in [0.3, 0.4) is 0 Å². The van der Waals surface area contributed by atoms with Crippen molar-refractivity contribution >= 4 is 22.5 Å². The zero-order valence-electron chi connectivity index (χ0n) is 18.3. The standard InChI is InChI=1S/C24H25N5O2/c1-14-11-15(2)13-19(12-14)25-23(30)18(5)29-24(31)22-21(16(3)26-29)17(4)28(27-22)20-9-7-6-8-10-20/h6-13,18H,1-5H3,(H,25,30)/t18-/m1/s1. The van der Waals surface area contributed by atoms with Crippen LogP contribution in [0.5, 0.6) is 0 Å². The molecule has 1 N–H and O–H groups in total. The van der Waals surface area contributed by atoms with Crippen molar-refractivity contribution in [2.45, 2.75) is 40.7 Å². The molecule has 0 aliphatic heterocycles. The summed E-state index contributed by atoms with van der Waals surface area (Å²) in [6.07, 6.45) is 0. The minimum absolute atomic E-state index is 0.305. The minimum Gasteiger partial charge on any atom is -0.324 e. The molecule has 0 radical (unpaired) electrons. The molecule has 7 heteroatoms. The van der Waals surface area contributed by atoms with Crippen molar-refractivity contribution in [2.75, 3.05) is 5.32 Å². The molecule has 1 atom stereocenters. The van der Waals surface area contributed by atoms with Gasteiger partial charge in [-0.05, 0) is 70.0 Å². The number of rotatable bonds is 4. The Balaban J connectivity index is 1.75. The molecule has 0 saturated carbocycles. The van der Waals surface area contributed by atoms with Gasteiger partial charge in [0.25, 0.3) is 5.56 Å². The van der Waals surface area contributed by atoms with E-state index in [9.17, 15) is 9.59 Å². The SMILES string of the molecule is Cc1cc(C)cc(NC(=O)[C@@H](C)n2nc(C)c3c(C)n(-c4ccccc4)nc3c2=O)c1. The van der Waals surface area contributed by atoms with E-state index in [0.717, 1.165) is 22.5 Å². The molecule has 2 aromatic heterocycles. The lowest BCUT2D eigenvalue weighted by Gasteiger charge is -2.15. The molecule has 2 aromatic carbocycles. The van der Waals surface area contributed by atoms with E-state index in [0.29, 0.717) is 22.3 Å². The Kier molecular flexibility index (Phi) is 5.19. The monoisotopic (exact) mass is 415 g/mol. The second-order valence-electron chi connectivity index (χ2n) is 7.93. The highest BCUT2D eigenvalue weighted by molar-refractivity contribution is 5.94. The van der Waals surface area contributed by atoms with Crippen molar-refractivity contribution < 1.29 is 4.79 Å². The van der Waals surface area contributed by atoms with Crippen molar-refractivity contribution in [3.05, 3.63) is 81.4 Å². The number of aryl methyl sites for hydroxylation is 4. The van der Waals surface area contributed by atoms with Crippen LogP contribution in [0.4, 0.5) is 5.69 Å². The normalized spacial score (nSPS) is 12.2. The lowest BCUT2D eigenvalue weighted by molar-refractivity contribution is -0.119. The van der Waals surface area contributed by atoms with E-state index in [1.165, 1.54) is 4.68 Å². The number of nitrogens with one attached hydrogen (secondary N) is 1. The summed E-state index contributed by atoms with van der Waals surface area (Å²) in [5, 5.41) is 12.6. The number of anilines is 1. The van der Waals surface area contributed by atoms with Gasteiger partial charge in [0.2, 0.25) is 5.91 Å². The molecule has 31 heavy (non-hydrogen) atoms. The molecule has 0 saturated heterocycles. The molecule has 0 unspecified atom stereocenters.